The largest absolute Gasteiger partial charge is 0.335 e. The van der Waals surface area contributed by atoms with E-state index in [9.17, 15) is 0 Å². The second kappa shape index (κ2) is 4.56. The zero-order chi connectivity index (χ0) is 15.3. The van der Waals surface area contributed by atoms with Gasteiger partial charge < -0.3 is 5.32 Å². The van der Waals surface area contributed by atoms with Gasteiger partial charge >= 0.3 is 0 Å². The van der Waals surface area contributed by atoms with E-state index in [1.807, 2.05) is 66.8 Å². The zero-order valence-electron chi connectivity index (χ0n) is 12.7. The molecule has 0 spiro atoms. The number of anilines is 2. The van der Waals surface area contributed by atoms with E-state index in [0.717, 1.165) is 39.4 Å². The van der Waals surface area contributed by atoms with Crippen molar-refractivity contribution in [2.45, 2.75) is 13.8 Å². The fourth-order valence-corrected chi connectivity index (χ4v) is 2.77. The summed E-state index contributed by atoms with van der Waals surface area (Å²) in [5.41, 5.74) is 5.93. The number of hydrogen-bond acceptors (Lipinski definition) is 4. The maximum atomic E-state index is 4.75. The van der Waals surface area contributed by atoms with Crippen LogP contribution in [-0.2, 0) is 7.05 Å². The number of fused-ring (bicyclic) bond motifs is 3. The first-order valence-electron chi connectivity index (χ1n) is 7.13. The average Bonchev–Trinajstić information content (AvgIpc) is 3.09. The number of aromatic nitrogens is 5. The van der Waals surface area contributed by atoms with Gasteiger partial charge in [-0.3, -0.25) is 9.08 Å². The van der Waals surface area contributed by atoms with Crippen molar-refractivity contribution in [3.8, 4) is 0 Å². The molecule has 1 N–H and O–H groups in total. The Morgan fingerprint density at radius 3 is 2.68 bits per heavy atom. The van der Waals surface area contributed by atoms with E-state index in [2.05, 4.69) is 15.4 Å². The van der Waals surface area contributed by atoms with Gasteiger partial charge in [-0.25, -0.2) is 9.97 Å². The number of hydrogen-bond donors (Lipinski definition) is 1. The van der Waals surface area contributed by atoms with Gasteiger partial charge in [0, 0.05) is 7.05 Å². The molecule has 3 aromatic heterocycles. The van der Waals surface area contributed by atoms with Crippen LogP contribution < -0.4 is 5.32 Å². The van der Waals surface area contributed by atoms with Crippen molar-refractivity contribution < 1.29 is 0 Å². The Balaban J connectivity index is 1.95. The van der Waals surface area contributed by atoms with E-state index < -0.39 is 0 Å². The van der Waals surface area contributed by atoms with Crippen LogP contribution in [0.1, 0.15) is 11.4 Å². The number of nitrogens with one attached hydrogen (secondary N) is 1. The highest BCUT2D eigenvalue weighted by molar-refractivity contribution is 5.86. The predicted molar refractivity (Wildman–Crippen MR) is 86.5 cm³/mol. The Labute approximate surface area is 127 Å². The molecule has 3 heterocycles. The summed E-state index contributed by atoms with van der Waals surface area (Å²) in [6.07, 6.45) is 3.64. The smallest absolute Gasteiger partial charge is 0.157 e. The van der Waals surface area contributed by atoms with E-state index in [1.165, 1.54) is 0 Å². The zero-order valence-corrected chi connectivity index (χ0v) is 12.7. The van der Waals surface area contributed by atoms with Gasteiger partial charge in [-0.1, -0.05) is 12.1 Å². The van der Waals surface area contributed by atoms with Crippen molar-refractivity contribution in [2.75, 3.05) is 5.32 Å². The number of rotatable bonds is 2. The first-order valence-corrected chi connectivity index (χ1v) is 7.13. The van der Waals surface area contributed by atoms with Crippen LogP contribution in [0.3, 0.4) is 0 Å². The van der Waals surface area contributed by atoms with Gasteiger partial charge in [0.1, 0.15) is 5.52 Å². The Bertz CT molecular complexity index is 995. The Hall–Kier alpha value is -2.89. The monoisotopic (exact) mass is 292 g/mol. The predicted octanol–water partition coefficient (Wildman–Crippen LogP) is 2.98. The topological polar surface area (TPSA) is 60.0 Å². The van der Waals surface area contributed by atoms with Crippen molar-refractivity contribution in [1.82, 2.24) is 24.1 Å². The summed E-state index contributed by atoms with van der Waals surface area (Å²) in [5, 5.41) is 7.87. The van der Waals surface area contributed by atoms with Crippen LogP contribution in [0.15, 0.2) is 36.8 Å². The molecular weight excluding hydrogens is 276 g/mol. The third-order valence-electron chi connectivity index (χ3n) is 4.01. The lowest BCUT2D eigenvalue weighted by Crippen LogP contribution is -2.01. The van der Waals surface area contributed by atoms with Gasteiger partial charge in [0.05, 0.1) is 40.6 Å². The molecular formula is C16H16N6. The molecule has 0 radical (unpaired) electrons. The van der Waals surface area contributed by atoms with Crippen molar-refractivity contribution in [2.24, 2.45) is 7.05 Å². The number of benzene rings is 1. The standard InChI is InChI=1S/C16H16N6/c1-10-15(11(2)21(3)20-10)19-16-14-8-17-9-22(14)13-7-5-4-6-12(13)18-16/h4-9H,1-3H3,(H,18,19). The summed E-state index contributed by atoms with van der Waals surface area (Å²) in [4.78, 5) is 9.02. The lowest BCUT2D eigenvalue weighted by Gasteiger charge is -2.10. The van der Waals surface area contributed by atoms with E-state index in [0.29, 0.717) is 0 Å². The second-order valence-corrected chi connectivity index (χ2v) is 5.39. The summed E-state index contributed by atoms with van der Waals surface area (Å²) in [7, 11) is 1.94. The SMILES string of the molecule is Cc1nn(C)c(C)c1Nc1nc2ccccc2n2cncc12. The van der Waals surface area contributed by atoms with Crippen molar-refractivity contribution in [3.05, 3.63) is 48.2 Å². The molecule has 0 bridgehead atoms. The van der Waals surface area contributed by atoms with Gasteiger partial charge in [0.15, 0.2) is 5.82 Å². The molecule has 0 saturated carbocycles. The van der Waals surface area contributed by atoms with Gasteiger partial charge in [-0.2, -0.15) is 5.10 Å². The molecule has 0 aliphatic rings. The highest BCUT2D eigenvalue weighted by atomic mass is 15.3. The minimum atomic E-state index is 0.787. The summed E-state index contributed by atoms with van der Waals surface area (Å²) < 4.78 is 3.91. The van der Waals surface area contributed by atoms with Crippen LogP contribution in [0.5, 0.6) is 0 Å². The van der Waals surface area contributed by atoms with Crippen LogP contribution >= 0.6 is 0 Å². The summed E-state index contributed by atoms with van der Waals surface area (Å²) in [6, 6.07) is 8.04. The second-order valence-electron chi connectivity index (χ2n) is 5.39. The van der Waals surface area contributed by atoms with Crippen LogP contribution in [0.25, 0.3) is 16.6 Å². The number of para-hydroxylation sites is 2. The lowest BCUT2D eigenvalue weighted by molar-refractivity contribution is 0.731. The normalized spacial score (nSPS) is 11.4. The maximum Gasteiger partial charge on any atom is 0.157 e. The minimum absolute atomic E-state index is 0.787. The molecule has 0 atom stereocenters. The van der Waals surface area contributed by atoms with Gasteiger partial charge in [0.2, 0.25) is 0 Å². The summed E-state index contributed by atoms with van der Waals surface area (Å²) >= 11 is 0. The van der Waals surface area contributed by atoms with Crippen LogP contribution in [-0.4, -0.2) is 24.1 Å². The molecule has 110 valence electrons. The van der Waals surface area contributed by atoms with Crippen LogP contribution in [0, 0.1) is 13.8 Å². The Kier molecular flexibility index (Phi) is 2.66. The first kappa shape index (κ1) is 12.8. The van der Waals surface area contributed by atoms with Crippen LogP contribution in [0.2, 0.25) is 0 Å². The van der Waals surface area contributed by atoms with Crippen LogP contribution in [0.4, 0.5) is 11.5 Å². The molecule has 0 fully saturated rings. The molecule has 0 unspecified atom stereocenters. The third kappa shape index (κ3) is 1.77. The summed E-state index contributed by atoms with van der Waals surface area (Å²) in [5.74, 6) is 0.787. The maximum absolute atomic E-state index is 4.75. The third-order valence-corrected chi connectivity index (χ3v) is 4.01. The molecule has 1 aromatic carbocycles. The van der Waals surface area contributed by atoms with Crippen molar-refractivity contribution >= 4 is 28.1 Å². The highest BCUT2D eigenvalue weighted by Crippen LogP contribution is 2.27. The van der Waals surface area contributed by atoms with Gasteiger partial charge in [0.25, 0.3) is 0 Å². The van der Waals surface area contributed by atoms with E-state index in [4.69, 9.17) is 4.98 Å². The fraction of sp³-hybridized carbons (Fsp3) is 0.188. The number of aryl methyl sites for hydroxylation is 2. The van der Waals surface area contributed by atoms with E-state index in [1.54, 1.807) is 0 Å². The van der Waals surface area contributed by atoms with E-state index in [-0.39, 0.29) is 0 Å². The summed E-state index contributed by atoms with van der Waals surface area (Å²) in [6.45, 7) is 4.03. The Morgan fingerprint density at radius 2 is 1.91 bits per heavy atom. The fourth-order valence-electron chi connectivity index (χ4n) is 2.77. The first-order chi connectivity index (χ1) is 10.6. The number of imidazole rings is 1. The molecule has 4 rings (SSSR count). The minimum Gasteiger partial charge on any atom is -0.335 e. The highest BCUT2D eigenvalue weighted by Gasteiger charge is 2.13. The molecule has 6 heteroatoms. The van der Waals surface area contributed by atoms with Crippen molar-refractivity contribution in [1.29, 1.82) is 0 Å². The molecule has 22 heavy (non-hydrogen) atoms. The Morgan fingerprint density at radius 1 is 1.09 bits per heavy atom. The van der Waals surface area contributed by atoms with Gasteiger partial charge in [-0.05, 0) is 26.0 Å². The lowest BCUT2D eigenvalue weighted by atomic mass is 10.2. The molecule has 0 aliphatic carbocycles. The molecule has 0 saturated heterocycles. The number of nitrogens with zero attached hydrogens (tertiary/aromatic N) is 5. The van der Waals surface area contributed by atoms with Crippen molar-refractivity contribution in [3.63, 3.8) is 0 Å². The molecule has 4 aromatic rings. The molecule has 6 nitrogen and oxygen atoms in total. The van der Waals surface area contributed by atoms with E-state index >= 15 is 0 Å². The molecule has 0 amide bonds. The molecule has 0 aliphatic heterocycles. The van der Waals surface area contributed by atoms with Gasteiger partial charge in [-0.15, -0.1) is 0 Å². The quantitative estimate of drug-likeness (QED) is 0.617. The average molecular weight is 292 g/mol.